The van der Waals surface area contributed by atoms with Gasteiger partial charge < -0.3 is 9.80 Å². The topological polar surface area (TPSA) is 146 Å². The van der Waals surface area contributed by atoms with Crippen LogP contribution < -0.4 is 5.48 Å². The Hall–Kier alpha value is -0.960. The van der Waals surface area contributed by atoms with Crippen molar-refractivity contribution in [1.29, 1.82) is 0 Å². The van der Waals surface area contributed by atoms with Gasteiger partial charge in [0.1, 0.15) is 6.04 Å². The van der Waals surface area contributed by atoms with Crippen molar-refractivity contribution < 1.29 is 36.5 Å². The molecule has 2 heterocycles. The molecular weight excluding hydrogens is 371 g/mol. The number of piperidine rings is 1. The second kappa shape index (κ2) is 8.62. The number of amides is 4. The largest absolute Gasteiger partial charge is 0.418 e. The molecule has 0 aromatic heterocycles. The Labute approximate surface area is 166 Å². The quantitative estimate of drug-likeness (QED) is 0.294. The van der Waals surface area contributed by atoms with E-state index >= 15 is 0 Å². The number of carbonyl (C=O) groups excluding carboxylic acids is 3. The Morgan fingerprint density at radius 2 is 2.00 bits per heavy atom. The van der Waals surface area contributed by atoms with Crippen molar-refractivity contribution in [3.8, 4) is 0 Å². The van der Waals surface area contributed by atoms with E-state index in [0.717, 1.165) is 4.90 Å². The Bertz CT molecular complexity index is 642. The minimum absolute atomic E-state index is 0. The first-order valence-electron chi connectivity index (χ1n) is 6.99. The molecule has 0 spiro atoms. The summed E-state index contributed by atoms with van der Waals surface area (Å²) < 4.78 is 34.5. The van der Waals surface area contributed by atoms with Gasteiger partial charge in [0.15, 0.2) is 6.61 Å². The fraction of sp³-hybridized carbons (Fsp3) is 0.727. The van der Waals surface area contributed by atoms with Crippen LogP contribution >= 0.6 is 0 Å². The van der Waals surface area contributed by atoms with Crippen molar-refractivity contribution in [2.45, 2.75) is 24.9 Å². The summed E-state index contributed by atoms with van der Waals surface area (Å²) in [7, 11) is -1.78. The molecule has 12 nitrogen and oxygen atoms in total. The van der Waals surface area contributed by atoms with Gasteiger partial charge in [-0.15, -0.1) is 4.28 Å². The molecule has 2 fully saturated rings. The van der Waals surface area contributed by atoms with E-state index in [1.54, 1.807) is 0 Å². The summed E-state index contributed by atoms with van der Waals surface area (Å²) in [6.07, 6.45) is 0.547. The van der Waals surface area contributed by atoms with Gasteiger partial charge in [-0.3, -0.25) is 19.0 Å². The predicted molar refractivity (Wildman–Crippen MR) is 81.9 cm³/mol. The molecule has 2 saturated heterocycles. The molecule has 2 aliphatic rings. The van der Waals surface area contributed by atoms with Crippen LogP contribution in [0.15, 0.2) is 0 Å². The molecule has 0 aliphatic carbocycles. The first kappa shape index (κ1) is 22.1. The molecule has 2 N–H and O–H groups in total. The van der Waals surface area contributed by atoms with Crippen molar-refractivity contribution in [3.63, 3.8) is 0 Å². The third-order valence-electron chi connectivity index (χ3n) is 3.67. The van der Waals surface area contributed by atoms with Gasteiger partial charge in [0.2, 0.25) is 0 Å². The van der Waals surface area contributed by atoms with E-state index in [2.05, 4.69) is 9.76 Å². The zero-order chi connectivity index (χ0) is 18.1. The third-order valence-corrected chi connectivity index (χ3v) is 4.02. The zero-order valence-corrected chi connectivity index (χ0v) is 16.9. The van der Waals surface area contributed by atoms with Gasteiger partial charge >= 0.3 is 16.4 Å². The average Bonchev–Trinajstić information content (AvgIpc) is 2.70. The first-order chi connectivity index (χ1) is 11.1. The third kappa shape index (κ3) is 5.51. The van der Waals surface area contributed by atoms with Gasteiger partial charge in [0, 0.05) is 50.2 Å². The van der Waals surface area contributed by atoms with Crippen LogP contribution in [-0.4, -0.2) is 115 Å². The Kier molecular flexibility index (Phi) is 7.61. The van der Waals surface area contributed by atoms with Gasteiger partial charge in [-0.2, -0.15) is 13.5 Å². The summed E-state index contributed by atoms with van der Waals surface area (Å²) in [4.78, 5) is 42.8. The van der Waals surface area contributed by atoms with Crippen molar-refractivity contribution in [1.82, 2.24) is 20.3 Å². The predicted octanol–water partition coefficient (Wildman–Crippen LogP) is -2.26. The number of fused-ring (bicyclic) bond motifs is 2. The Morgan fingerprint density at radius 1 is 1.36 bits per heavy atom. The van der Waals surface area contributed by atoms with E-state index in [4.69, 9.17) is 9.39 Å². The summed E-state index contributed by atoms with van der Waals surface area (Å²) in [6, 6.07) is -2.32. The number of rotatable bonds is 6. The summed E-state index contributed by atoms with van der Waals surface area (Å²) in [6.45, 7) is -0.289. The molecule has 2 atom stereocenters. The van der Waals surface area contributed by atoms with Crippen LogP contribution in [0.3, 0.4) is 0 Å². The van der Waals surface area contributed by atoms with Crippen molar-refractivity contribution in [2.24, 2.45) is 0 Å². The van der Waals surface area contributed by atoms with Crippen LogP contribution in [0.1, 0.15) is 12.8 Å². The monoisotopic (exact) mass is 389 g/mol. The minimum atomic E-state index is -4.84. The molecule has 0 aromatic rings. The Balaban J connectivity index is 0.00000312. The van der Waals surface area contributed by atoms with Crippen LogP contribution in [-0.2, 0) is 29.1 Å². The summed E-state index contributed by atoms with van der Waals surface area (Å²) in [5.41, 5.74) is 2.10. The number of hydroxylamine groups is 3. The standard InChI is InChI=1S/C11H18N4O8S.Na/c1-13(2)9(16)6-22-12-10(17)8-4-3-7-5-14(8)11(18)15(7)23-24(19,20)21;/h7-8H,3-6H2,1-2H3,(H,12,17)(H,19,20,21);/t7-,8+;/m1./s1. The summed E-state index contributed by atoms with van der Waals surface area (Å²) in [5, 5.41) is 0.541. The Morgan fingerprint density at radius 3 is 2.56 bits per heavy atom. The molecule has 2 bridgehead atoms. The van der Waals surface area contributed by atoms with Gasteiger partial charge in [-0.25, -0.2) is 10.3 Å². The fourth-order valence-electron chi connectivity index (χ4n) is 2.47. The van der Waals surface area contributed by atoms with E-state index in [-0.39, 0.29) is 55.0 Å². The molecule has 14 heteroatoms. The molecule has 137 valence electrons. The average molecular weight is 389 g/mol. The van der Waals surface area contributed by atoms with Crippen molar-refractivity contribution in [2.75, 3.05) is 27.2 Å². The van der Waals surface area contributed by atoms with E-state index < -0.39 is 34.4 Å². The molecule has 4 amide bonds. The van der Waals surface area contributed by atoms with Crippen LogP contribution in [0, 0.1) is 0 Å². The molecule has 2 aliphatic heterocycles. The number of urea groups is 1. The molecule has 0 aromatic carbocycles. The normalized spacial score (nSPS) is 22.4. The minimum Gasteiger partial charge on any atom is -0.347 e. The number of carbonyl (C=O) groups is 3. The number of nitrogens with one attached hydrogen (secondary N) is 1. The second-order valence-electron chi connectivity index (χ2n) is 5.55. The van der Waals surface area contributed by atoms with Crippen LogP contribution in [0.2, 0.25) is 0 Å². The van der Waals surface area contributed by atoms with E-state index in [1.807, 2.05) is 0 Å². The second-order valence-corrected chi connectivity index (χ2v) is 6.56. The molecule has 0 unspecified atom stereocenters. The molecule has 1 radical (unpaired) electrons. The molecular formula is C11H18N4NaO8S. The van der Waals surface area contributed by atoms with Crippen LogP contribution in [0.4, 0.5) is 4.79 Å². The SMILES string of the molecule is CN(C)C(=O)CONC(=O)[C@@H]1CC[C@@H]2CN1C(=O)N2OS(=O)(=O)O.[Na]. The van der Waals surface area contributed by atoms with Gasteiger partial charge in [-0.1, -0.05) is 0 Å². The smallest absolute Gasteiger partial charge is 0.347 e. The van der Waals surface area contributed by atoms with Gasteiger partial charge in [0.05, 0.1) is 6.04 Å². The fourth-order valence-corrected chi connectivity index (χ4v) is 2.86. The molecule has 0 saturated carbocycles. The first-order valence-corrected chi connectivity index (χ1v) is 8.35. The number of nitrogens with zero attached hydrogens (tertiary/aromatic N) is 3. The molecule has 2 rings (SSSR count). The van der Waals surface area contributed by atoms with Crippen LogP contribution in [0.25, 0.3) is 0 Å². The van der Waals surface area contributed by atoms with Gasteiger partial charge in [0.25, 0.3) is 11.8 Å². The van der Waals surface area contributed by atoms with E-state index in [0.29, 0.717) is 11.5 Å². The maximum atomic E-state index is 12.1. The number of hydrogen-bond donors (Lipinski definition) is 2. The number of hydrogen-bond acceptors (Lipinski definition) is 7. The van der Waals surface area contributed by atoms with Crippen molar-refractivity contribution in [3.05, 3.63) is 0 Å². The zero-order valence-electron chi connectivity index (χ0n) is 14.0. The maximum absolute atomic E-state index is 12.1. The van der Waals surface area contributed by atoms with Gasteiger partial charge in [-0.05, 0) is 12.8 Å². The van der Waals surface area contributed by atoms with Crippen molar-refractivity contribution >= 4 is 57.8 Å². The maximum Gasteiger partial charge on any atom is 0.418 e. The van der Waals surface area contributed by atoms with Crippen LogP contribution in [0.5, 0.6) is 0 Å². The summed E-state index contributed by atoms with van der Waals surface area (Å²) >= 11 is 0. The van der Waals surface area contributed by atoms with E-state index in [1.165, 1.54) is 19.0 Å². The summed E-state index contributed by atoms with van der Waals surface area (Å²) in [5.74, 6) is -0.994. The molecule has 25 heavy (non-hydrogen) atoms. The number of likely N-dealkylation sites (N-methyl/N-ethyl adjacent to an activating group) is 1. The van der Waals surface area contributed by atoms with E-state index in [9.17, 15) is 22.8 Å².